The standard InChI is InChI=1S/C10H21N3O/c1-7-5-13(10(14)9(3)11)6-8(2)12(7)4/h7-9H,5-6,11H2,1-4H3. The molecular formula is C10H21N3O. The lowest BCUT2D eigenvalue weighted by Gasteiger charge is -2.42. The fourth-order valence-corrected chi connectivity index (χ4v) is 1.87. The van der Waals surface area contributed by atoms with Gasteiger partial charge in [0, 0.05) is 25.2 Å². The van der Waals surface area contributed by atoms with E-state index in [4.69, 9.17) is 5.73 Å². The van der Waals surface area contributed by atoms with E-state index in [0.29, 0.717) is 12.1 Å². The molecule has 4 nitrogen and oxygen atoms in total. The maximum atomic E-state index is 11.7. The highest BCUT2D eigenvalue weighted by Crippen LogP contribution is 2.13. The number of hydrogen-bond donors (Lipinski definition) is 1. The number of nitrogens with zero attached hydrogens (tertiary/aromatic N) is 2. The van der Waals surface area contributed by atoms with Gasteiger partial charge in [-0.25, -0.2) is 0 Å². The molecule has 1 saturated heterocycles. The van der Waals surface area contributed by atoms with Gasteiger partial charge in [-0.15, -0.1) is 0 Å². The molecule has 2 N–H and O–H groups in total. The highest BCUT2D eigenvalue weighted by Gasteiger charge is 2.30. The molecule has 1 fully saturated rings. The quantitative estimate of drug-likeness (QED) is 0.641. The summed E-state index contributed by atoms with van der Waals surface area (Å²) in [5, 5.41) is 0. The average Bonchev–Trinajstić information content (AvgIpc) is 2.12. The zero-order valence-electron chi connectivity index (χ0n) is 9.53. The molecule has 0 spiro atoms. The lowest BCUT2D eigenvalue weighted by molar-refractivity contribution is -0.136. The van der Waals surface area contributed by atoms with Crippen LogP contribution in [0.4, 0.5) is 0 Å². The average molecular weight is 199 g/mol. The van der Waals surface area contributed by atoms with Crippen LogP contribution in [0, 0.1) is 0 Å². The molecule has 1 heterocycles. The molecule has 1 amide bonds. The first-order valence-electron chi connectivity index (χ1n) is 5.19. The van der Waals surface area contributed by atoms with Crippen molar-refractivity contribution < 1.29 is 4.79 Å². The van der Waals surface area contributed by atoms with Crippen molar-refractivity contribution in [1.29, 1.82) is 0 Å². The Bertz CT molecular complexity index is 205. The van der Waals surface area contributed by atoms with E-state index in [1.807, 2.05) is 4.90 Å². The number of nitrogens with two attached hydrogens (primary N) is 1. The summed E-state index contributed by atoms with van der Waals surface area (Å²) in [4.78, 5) is 15.8. The number of piperazine rings is 1. The van der Waals surface area contributed by atoms with Crippen LogP contribution in [0.1, 0.15) is 20.8 Å². The molecule has 14 heavy (non-hydrogen) atoms. The van der Waals surface area contributed by atoms with Gasteiger partial charge in [-0.3, -0.25) is 9.69 Å². The minimum atomic E-state index is -0.377. The third kappa shape index (κ3) is 2.25. The Labute approximate surface area is 86.0 Å². The number of rotatable bonds is 1. The van der Waals surface area contributed by atoms with E-state index >= 15 is 0 Å². The van der Waals surface area contributed by atoms with E-state index in [9.17, 15) is 4.79 Å². The Kier molecular flexibility index (Phi) is 3.50. The van der Waals surface area contributed by atoms with Crippen molar-refractivity contribution in [2.75, 3.05) is 20.1 Å². The molecule has 3 atom stereocenters. The third-order valence-electron chi connectivity index (χ3n) is 3.06. The fourth-order valence-electron chi connectivity index (χ4n) is 1.87. The number of amides is 1. The summed E-state index contributed by atoms with van der Waals surface area (Å²) < 4.78 is 0. The van der Waals surface area contributed by atoms with Gasteiger partial charge in [0.15, 0.2) is 0 Å². The van der Waals surface area contributed by atoms with Crippen molar-refractivity contribution in [3.05, 3.63) is 0 Å². The van der Waals surface area contributed by atoms with Gasteiger partial charge >= 0.3 is 0 Å². The van der Waals surface area contributed by atoms with Crippen LogP contribution in [0.5, 0.6) is 0 Å². The van der Waals surface area contributed by atoms with Gasteiger partial charge < -0.3 is 10.6 Å². The molecule has 0 bridgehead atoms. The maximum Gasteiger partial charge on any atom is 0.239 e. The van der Waals surface area contributed by atoms with Crippen LogP contribution in [-0.4, -0.2) is 54.0 Å². The molecule has 0 aromatic carbocycles. The highest BCUT2D eigenvalue weighted by atomic mass is 16.2. The Balaban J connectivity index is 2.62. The molecule has 1 aliphatic rings. The molecule has 0 radical (unpaired) electrons. The molecule has 1 rings (SSSR count). The monoisotopic (exact) mass is 199 g/mol. The van der Waals surface area contributed by atoms with E-state index in [1.165, 1.54) is 0 Å². The first kappa shape index (κ1) is 11.5. The van der Waals surface area contributed by atoms with Crippen molar-refractivity contribution in [3.63, 3.8) is 0 Å². The van der Waals surface area contributed by atoms with Gasteiger partial charge in [0.25, 0.3) is 0 Å². The topological polar surface area (TPSA) is 49.6 Å². The lowest BCUT2D eigenvalue weighted by atomic mass is 10.1. The first-order chi connectivity index (χ1) is 6.43. The van der Waals surface area contributed by atoms with Gasteiger partial charge in [0.2, 0.25) is 5.91 Å². The second-order valence-electron chi connectivity index (χ2n) is 4.40. The van der Waals surface area contributed by atoms with Gasteiger partial charge in [-0.05, 0) is 27.8 Å². The normalized spacial score (nSPS) is 31.6. The van der Waals surface area contributed by atoms with Crippen molar-refractivity contribution in [1.82, 2.24) is 9.80 Å². The molecule has 0 aromatic heterocycles. The van der Waals surface area contributed by atoms with Crippen molar-refractivity contribution in [3.8, 4) is 0 Å². The summed E-state index contributed by atoms with van der Waals surface area (Å²) in [6, 6.07) is 0.459. The van der Waals surface area contributed by atoms with E-state index in [2.05, 4.69) is 25.8 Å². The lowest BCUT2D eigenvalue weighted by Crippen LogP contribution is -2.58. The molecule has 0 saturated carbocycles. The van der Waals surface area contributed by atoms with Crippen LogP contribution in [0.15, 0.2) is 0 Å². The SMILES string of the molecule is CC(N)C(=O)N1CC(C)N(C)C(C)C1. The van der Waals surface area contributed by atoms with Gasteiger partial charge in [0.1, 0.15) is 0 Å². The predicted molar refractivity (Wildman–Crippen MR) is 56.9 cm³/mol. The molecule has 0 aromatic rings. The Morgan fingerprint density at radius 3 is 2.14 bits per heavy atom. The smallest absolute Gasteiger partial charge is 0.239 e. The Morgan fingerprint density at radius 2 is 1.79 bits per heavy atom. The van der Waals surface area contributed by atoms with Gasteiger partial charge in [-0.2, -0.15) is 0 Å². The number of carbonyl (C=O) groups excluding carboxylic acids is 1. The van der Waals surface area contributed by atoms with Crippen LogP contribution in [-0.2, 0) is 4.79 Å². The summed E-state index contributed by atoms with van der Waals surface area (Å²) in [5.74, 6) is 0.0665. The molecular weight excluding hydrogens is 178 g/mol. The van der Waals surface area contributed by atoms with Crippen LogP contribution >= 0.6 is 0 Å². The summed E-state index contributed by atoms with van der Waals surface area (Å²) in [7, 11) is 2.10. The zero-order chi connectivity index (χ0) is 10.9. The van der Waals surface area contributed by atoms with Gasteiger partial charge in [-0.1, -0.05) is 0 Å². The van der Waals surface area contributed by atoms with Crippen molar-refractivity contribution in [2.45, 2.75) is 38.9 Å². The third-order valence-corrected chi connectivity index (χ3v) is 3.06. The molecule has 0 aliphatic carbocycles. The van der Waals surface area contributed by atoms with E-state index < -0.39 is 0 Å². The maximum absolute atomic E-state index is 11.7. The fraction of sp³-hybridized carbons (Fsp3) is 0.900. The summed E-state index contributed by atoms with van der Waals surface area (Å²) in [6.45, 7) is 7.60. The minimum absolute atomic E-state index is 0.0665. The van der Waals surface area contributed by atoms with Crippen molar-refractivity contribution in [2.24, 2.45) is 5.73 Å². The molecule has 4 heteroatoms. The molecule has 3 unspecified atom stereocenters. The second-order valence-corrected chi connectivity index (χ2v) is 4.40. The number of hydrogen-bond acceptors (Lipinski definition) is 3. The first-order valence-corrected chi connectivity index (χ1v) is 5.19. The number of likely N-dealkylation sites (N-methyl/N-ethyl adjacent to an activating group) is 1. The van der Waals surface area contributed by atoms with E-state index in [1.54, 1.807) is 6.92 Å². The Hall–Kier alpha value is -0.610. The highest BCUT2D eigenvalue weighted by molar-refractivity contribution is 5.81. The summed E-state index contributed by atoms with van der Waals surface area (Å²) >= 11 is 0. The second kappa shape index (κ2) is 4.28. The van der Waals surface area contributed by atoms with E-state index in [0.717, 1.165) is 13.1 Å². The van der Waals surface area contributed by atoms with Crippen LogP contribution in [0.25, 0.3) is 0 Å². The number of carbonyl (C=O) groups is 1. The summed E-state index contributed by atoms with van der Waals surface area (Å²) in [6.07, 6.45) is 0. The molecule has 1 aliphatic heterocycles. The predicted octanol–water partition coefficient (Wildman–Crippen LogP) is -0.115. The van der Waals surface area contributed by atoms with Crippen LogP contribution in [0.3, 0.4) is 0 Å². The van der Waals surface area contributed by atoms with E-state index in [-0.39, 0.29) is 11.9 Å². The van der Waals surface area contributed by atoms with Crippen LogP contribution < -0.4 is 5.73 Å². The largest absolute Gasteiger partial charge is 0.338 e. The van der Waals surface area contributed by atoms with Crippen molar-refractivity contribution >= 4 is 5.91 Å². The minimum Gasteiger partial charge on any atom is -0.338 e. The summed E-state index contributed by atoms with van der Waals surface area (Å²) in [5.41, 5.74) is 5.59. The van der Waals surface area contributed by atoms with Crippen LogP contribution in [0.2, 0.25) is 0 Å². The Morgan fingerprint density at radius 1 is 1.36 bits per heavy atom. The van der Waals surface area contributed by atoms with Gasteiger partial charge in [0.05, 0.1) is 6.04 Å². The zero-order valence-corrected chi connectivity index (χ0v) is 9.53. The molecule has 82 valence electrons.